The lowest BCUT2D eigenvalue weighted by Gasteiger charge is -2.18. The summed E-state index contributed by atoms with van der Waals surface area (Å²) in [7, 11) is 2.11. The van der Waals surface area contributed by atoms with Gasteiger partial charge in [-0.15, -0.1) is 0 Å². The molecule has 2 N–H and O–H groups in total. The van der Waals surface area contributed by atoms with Crippen molar-refractivity contribution in [1.29, 1.82) is 0 Å². The zero-order chi connectivity index (χ0) is 13.9. The number of carbonyl (C=O) groups is 1. The first-order chi connectivity index (χ1) is 8.42. The summed E-state index contributed by atoms with van der Waals surface area (Å²) in [6, 6.07) is 1.32. The van der Waals surface area contributed by atoms with Crippen LogP contribution in [0.2, 0.25) is 0 Å². The second kappa shape index (κ2) is 5.74. The molecule has 2 atom stereocenters. The van der Waals surface area contributed by atoms with Gasteiger partial charge in [0, 0.05) is 11.6 Å². The maximum Gasteiger partial charge on any atom is 0.337 e. The van der Waals surface area contributed by atoms with Crippen molar-refractivity contribution < 1.29 is 33.3 Å². The molecule has 1 rings (SSSR count). The Morgan fingerprint density at radius 3 is 2.39 bits per heavy atom. The highest BCUT2D eigenvalue weighted by atomic mass is 19.1. The molecule has 1 aromatic rings. The Morgan fingerprint density at radius 2 is 1.89 bits per heavy atom. The highest BCUT2D eigenvalue weighted by molar-refractivity contribution is 5.75. The lowest BCUT2D eigenvalue weighted by molar-refractivity contribution is -0.156. The zero-order valence-corrected chi connectivity index (χ0v) is 9.68. The van der Waals surface area contributed by atoms with Gasteiger partial charge in [0.15, 0.2) is 17.7 Å². The molecule has 0 fully saturated rings. The van der Waals surface area contributed by atoms with Crippen LogP contribution in [-0.4, -0.2) is 36.5 Å². The third kappa shape index (κ3) is 2.74. The van der Waals surface area contributed by atoms with E-state index in [0.29, 0.717) is 6.07 Å². The second-order valence-corrected chi connectivity index (χ2v) is 3.42. The normalized spacial score (nSPS) is 13.9. The molecule has 0 bridgehead atoms. The molecule has 0 radical (unpaired) electrons. The highest BCUT2D eigenvalue weighted by Gasteiger charge is 2.30. The average Bonchev–Trinajstić information content (AvgIpc) is 2.35. The van der Waals surface area contributed by atoms with Gasteiger partial charge < -0.3 is 19.7 Å². The Balaban J connectivity index is 3.19. The SMILES string of the molecule is COC(=O)C(O)C(O)c1cc(F)cc(F)c1OC. The summed E-state index contributed by atoms with van der Waals surface area (Å²) in [5.74, 6) is -3.61. The molecule has 0 saturated carbocycles. The molecule has 2 unspecified atom stereocenters. The number of benzene rings is 1. The number of hydrogen-bond donors (Lipinski definition) is 2. The summed E-state index contributed by atoms with van der Waals surface area (Å²) < 4.78 is 35.3. The molecule has 0 aliphatic rings. The third-order valence-corrected chi connectivity index (χ3v) is 2.30. The number of esters is 1. The van der Waals surface area contributed by atoms with Gasteiger partial charge in [-0.2, -0.15) is 0 Å². The van der Waals surface area contributed by atoms with Crippen LogP contribution >= 0.6 is 0 Å². The molecule has 5 nitrogen and oxygen atoms in total. The van der Waals surface area contributed by atoms with E-state index in [9.17, 15) is 23.8 Å². The maximum absolute atomic E-state index is 13.3. The zero-order valence-electron chi connectivity index (χ0n) is 9.68. The smallest absolute Gasteiger partial charge is 0.337 e. The summed E-state index contributed by atoms with van der Waals surface area (Å²) in [5.41, 5.74) is -0.382. The fourth-order valence-electron chi connectivity index (χ4n) is 1.44. The van der Waals surface area contributed by atoms with Crippen LogP contribution in [0.15, 0.2) is 12.1 Å². The number of halogens is 2. The molecule has 0 aliphatic heterocycles. The summed E-state index contributed by atoms with van der Waals surface area (Å²) in [5, 5.41) is 19.1. The summed E-state index contributed by atoms with van der Waals surface area (Å²) in [6.07, 6.45) is -3.83. The van der Waals surface area contributed by atoms with Gasteiger partial charge in [-0.05, 0) is 6.07 Å². The van der Waals surface area contributed by atoms with Gasteiger partial charge >= 0.3 is 5.97 Å². The number of methoxy groups -OCH3 is 2. The van der Waals surface area contributed by atoms with Crippen LogP contribution in [0.25, 0.3) is 0 Å². The first-order valence-corrected chi connectivity index (χ1v) is 4.89. The fraction of sp³-hybridized carbons (Fsp3) is 0.364. The Morgan fingerprint density at radius 1 is 1.28 bits per heavy atom. The van der Waals surface area contributed by atoms with Crippen LogP contribution in [0.4, 0.5) is 8.78 Å². The summed E-state index contributed by atoms with van der Waals surface area (Å²) in [6.45, 7) is 0. The Labute approximate surface area is 102 Å². The van der Waals surface area contributed by atoms with E-state index in [0.717, 1.165) is 20.3 Å². The van der Waals surface area contributed by atoms with Crippen molar-refractivity contribution in [3.63, 3.8) is 0 Å². The van der Waals surface area contributed by atoms with Crippen LogP contribution in [-0.2, 0) is 9.53 Å². The Bertz CT molecular complexity index is 449. The number of carbonyl (C=O) groups excluding carboxylic acids is 1. The Kier molecular flexibility index (Phi) is 4.57. The molecule has 0 aromatic heterocycles. The second-order valence-electron chi connectivity index (χ2n) is 3.42. The number of hydrogen-bond acceptors (Lipinski definition) is 5. The monoisotopic (exact) mass is 262 g/mol. The predicted octanol–water partition coefficient (Wildman–Crippen LogP) is 0.541. The van der Waals surface area contributed by atoms with E-state index in [4.69, 9.17) is 0 Å². The third-order valence-electron chi connectivity index (χ3n) is 2.30. The van der Waals surface area contributed by atoms with Gasteiger partial charge in [-0.3, -0.25) is 0 Å². The number of rotatable bonds is 4. The maximum atomic E-state index is 13.3. The van der Waals surface area contributed by atoms with Crippen molar-refractivity contribution >= 4 is 5.97 Å². The van der Waals surface area contributed by atoms with Crippen molar-refractivity contribution in [3.05, 3.63) is 29.3 Å². The molecular formula is C11H12F2O5. The molecule has 100 valence electrons. The van der Waals surface area contributed by atoms with Crippen LogP contribution in [0, 0.1) is 11.6 Å². The summed E-state index contributed by atoms with van der Waals surface area (Å²) >= 11 is 0. The molecule has 0 amide bonds. The molecule has 0 heterocycles. The number of aliphatic hydroxyl groups excluding tert-OH is 2. The predicted molar refractivity (Wildman–Crippen MR) is 55.9 cm³/mol. The number of ether oxygens (including phenoxy) is 2. The molecule has 0 aliphatic carbocycles. The standard InChI is InChI=1S/C11H12F2O5/c1-17-10-6(3-5(12)4-7(10)13)8(14)9(15)11(16)18-2/h3-4,8-9,14-15H,1-2H3. The van der Waals surface area contributed by atoms with Gasteiger partial charge in [0.2, 0.25) is 0 Å². The van der Waals surface area contributed by atoms with Gasteiger partial charge in [-0.1, -0.05) is 0 Å². The molecule has 18 heavy (non-hydrogen) atoms. The van der Waals surface area contributed by atoms with Crippen LogP contribution in [0.5, 0.6) is 5.75 Å². The molecule has 0 spiro atoms. The lowest BCUT2D eigenvalue weighted by Crippen LogP contribution is -2.29. The summed E-state index contributed by atoms with van der Waals surface area (Å²) in [4.78, 5) is 11.0. The van der Waals surface area contributed by atoms with Crippen LogP contribution in [0.3, 0.4) is 0 Å². The van der Waals surface area contributed by atoms with Crippen molar-refractivity contribution in [1.82, 2.24) is 0 Å². The minimum atomic E-state index is -1.97. The van der Waals surface area contributed by atoms with Crippen LogP contribution < -0.4 is 4.74 Å². The van der Waals surface area contributed by atoms with Crippen molar-refractivity contribution in [3.8, 4) is 5.75 Å². The van der Waals surface area contributed by atoms with Crippen molar-refractivity contribution in [2.45, 2.75) is 12.2 Å². The van der Waals surface area contributed by atoms with Gasteiger partial charge in [0.25, 0.3) is 0 Å². The van der Waals surface area contributed by atoms with E-state index in [1.807, 2.05) is 0 Å². The van der Waals surface area contributed by atoms with Crippen molar-refractivity contribution in [2.75, 3.05) is 14.2 Å². The first-order valence-electron chi connectivity index (χ1n) is 4.89. The largest absolute Gasteiger partial charge is 0.493 e. The van der Waals surface area contributed by atoms with Crippen LogP contribution in [0.1, 0.15) is 11.7 Å². The fourth-order valence-corrected chi connectivity index (χ4v) is 1.44. The Hall–Kier alpha value is -1.73. The topological polar surface area (TPSA) is 76.0 Å². The van der Waals surface area contributed by atoms with E-state index in [1.54, 1.807) is 0 Å². The van der Waals surface area contributed by atoms with E-state index in [1.165, 1.54) is 0 Å². The van der Waals surface area contributed by atoms with E-state index >= 15 is 0 Å². The van der Waals surface area contributed by atoms with E-state index in [2.05, 4.69) is 9.47 Å². The molecule has 1 aromatic carbocycles. The van der Waals surface area contributed by atoms with Crippen molar-refractivity contribution in [2.24, 2.45) is 0 Å². The van der Waals surface area contributed by atoms with E-state index in [-0.39, 0.29) is 5.56 Å². The molecule has 0 saturated heterocycles. The van der Waals surface area contributed by atoms with Gasteiger partial charge in [-0.25, -0.2) is 13.6 Å². The molecule has 7 heteroatoms. The minimum Gasteiger partial charge on any atom is -0.493 e. The van der Waals surface area contributed by atoms with Gasteiger partial charge in [0.05, 0.1) is 14.2 Å². The average molecular weight is 262 g/mol. The lowest BCUT2D eigenvalue weighted by atomic mass is 10.0. The quantitative estimate of drug-likeness (QED) is 0.774. The minimum absolute atomic E-state index is 0.382. The first kappa shape index (κ1) is 14.3. The van der Waals surface area contributed by atoms with Gasteiger partial charge in [0.1, 0.15) is 11.9 Å². The number of aliphatic hydroxyl groups is 2. The molecular weight excluding hydrogens is 250 g/mol. The highest BCUT2D eigenvalue weighted by Crippen LogP contribution is 2.31. The van der Waals surface area contributed by atoms with E-state index < -0.39 is 35.6 Å².